The van der Waals surface area contributed by atoms with Crippen molar-refractivity contribution < 1.29 is 49.4 Å². The molecule has 0 aromatic heterocycles. The molecule has 0 radical (unpaired) electrons. The summed E-state index contributed by atoms with van der Waals surface area (Å²) in [5.74, 6) is -1.28. The molecule has 0 fully saturated rings. The Bertz CT molecular complexity index is 1100. The predicted molar refractivity (Wildman–Crippen MR) is 98.3 cm³/mol. The van der Waals surface area contributed by atoms with Gasteiger partial charge in [-0.2, -0.15) is 39.5 Å². The maximum Gasteiger partial charge on any atom is 0.416 e. The van der Waals surface area contributed by atoms with Crippen molar-refractivity contribution in [3.05, 3.63) is 69.8 Å². The summed E-state index contributed by atoms with van der Waals surface area (Å²) < 4.78 is 122. The molecule has 0 bridgehead atoms. The van der Waals surface area contributed by atoms with E-state index in [1.54, 1.807) is 0 Å². The van der Waals surface area contributed by atoms with Gasteiger partial charge in [-0.1, -0.05) is 6.07 Å². The molecule has 1 atom stereocenters. The molecule has 0 saturated heterocycles. The Morgan fingerprint density at radius 2 is 1.45 bits per heavy atom. The van der Waals surface area contributed by atoms with Crippen LogP contribution >= 0.6 is 0 Å². The first kappa shape index (κ1) is 24.6. The maximum absolute atomic E-state index is 14.2. The lowest BCUT2D eigenvalue weighted by Gasteiger charge is -2.32. The number of alkyl halides is 9. The fourth-order valence-corrected chi connectivity index (χ4v) is 3.68. The maximum atomic E-state index is 14.2. The van der Waals surface area contributed by atoms with E-state index in [0.29, 0.717) is 0 Å². The van der Waals surface area contributed by atoms with Gasteiger partial charge in [0.2, 0.25) is 0 Å². The number of aromatic carboxylic acids is 1. The largest absolute Gasteiger partial charge is 0.478 e. The first-order chi connectivity index (χ1) is 15.0. The molecule has 12 heteroatoms. The van der Waals surface area contributed by atoms with E-state index in [9.17, 15) is 44.3 Å². The average molecular weight is 483 g/mol. The molecule has 1 aliphatic heterocycles. The molecule has 1 aliphatic rings. The standard InChI is InChI=1S/C21H14F9NO2/c1-10-4-11(2-3-15(10)17(32)33)16-8-18(9-31-16,21(28,29)30)12-5-13(19(22,23)24)7-14(6-12)20(25,26)27/h2-7H,8-9H2,1H3,(H,32,33). The number of hydrogen-bond acceptors (Lipinski definition) is 2. The zero-order valence-corrected chi connectivity index (χ0v) is 16.6. The Morgan fingerprint density at radius 1 is 0.909 bits per heavy atom. The van der Waals surface area contributed by atoms with Crippen LogP contribution < -0.4 is 0 Å². The fourth-order valence-electron chi connectivity index (χ4n) is 3.68. The molecule has 33 heavy (non-hydrogen) atoms. The molecule has 2 aromatic rings. The molecule has 1 unspecified atom stereocenters. The van der Waals surface area contributed by atoms with Gasteiger partial charge in [0.1, 0.15) is 5.41 Å². The molecular formula is C21H14F9NO2. The summed E-state index contributed by atoms with van der Waals surface area (Å²) in [6.45, 7) is 0.270. The number of aliphatic imine (C=N–C) groups is 1. The van der Waals surface area contributed by atoms with E-state index >= 15 is 0 Å². The topological polar surface area (TPSA) is 49.7 Å². The molecule has 3 nitrogen and oxygen atoms in total. The summed E-state index contributed by atoms with van der Waals surface area (Å²) in [5, 5.41) is 9.08. The Hall–Kier alpha value is -3.05. The van der Waals surface area contributed by atoms with Crippen LogP contribution in [0.15, 0.2) is 41.4 Å². The first-order valence-corrected chi connectivity index (χ1v) is 9.20. The lowest BCUT2D eigenvalue weighted by molar-refractivity contribution is -0.184. The highest BCUT2D eigenvalue weighted by molar-refractivity contribution is 6.04. The van der Waals surface area contributed by atoms with E-state index in [0.717, 1.165) is 6.07 Å². The summed E-state index contributed by atoms with van der Waals surface area (Å²) >= 11 is 0. The SMILES string of the molecule is Cc1cc(C2=NCC(c3cc(C(F)(F)F)cc(C(F)(F)F)c3)(C(F)(F)F)C2)ccc1C(=O)O. The monoisotopic (exact) mass is 483 g/mol. The zero-order valence-electron chi connectivity index (χ0n) is 16.6. The Labute approximate surface area is 180 Å². The minimum atomic E-state index is -5.31. The summed E-state index contributed by atoms with van der Waals surface area (Å²) in [7, 11) is 0. The van der Waals surface area contributed by atoms with Crippen molar-refractivity contribution >= 4 is 11.7 Å². The van der Waals surface area contributed by atoms with Crippen LogP contribution in [0.1, 0.15) is 44.6 Å². The first-order valence-electron chi connectivity index (χ1n) is 9.20. The molecule has 178 valence electrons. The average Bonchev–Trinajstić information content (AvgIpc) is 3.13. The van der Waals surface area contributed by atoms with Crippen molar-refractivity contribution in [3.8, 4) is 0 Å². The van der Waals surface area contributed by atoms with Crippen LogP contribution in [0, 0.1) is 6.92 Å². The van der Waals surface area contributed by atoms with Gasteiger partial charge in [0.25, 0.3) is 0 Å². The number of carbonyl (C=O) groups is 1. The molecule has 1 N–H and O–H groups in total. The van der Waals surface area contributed by atoms with Gasteiger partial charge in [0.05, 0.1) is 23.2 Å². The minimum absolute atomic E-state index is 0.0694. The highest BCUT2D eigenvalue weighted by atomic mass is 19.4. The second-order valence-corrected chi connectivity index (χ2v) is 7.65. The number of carboxylic acids is 1. The third-order valence-corrected chi connectivity index (χ3v) is 5.48. The second kappa shape index (κ2) is 7.77. The van der Waals surface area contributed by atoms with Crippen LogP contribution in [0.25, 0.3) is 0 Å². The van der Waals surface area contributed by atoms with E-state index in [2.05, 4.69) is 4.99 Å². The number of nitrogens with zero attached hydrogens (tertiary/aromatic N) is 1. The Balaban J connectivity index is 2.14. The number of aryl methyl sites for hydroxylation is 1. The fraction of sp³-hybridized carbons (Fsp3) is 0.333. The van der Waals surface area contributed by atoms with Gasteiger partial charge >= 0.3 is 24.5 Å². The number of halogens is 9. The van der Waals surface area contributed by atoms with E-state index in [1.807, 2.05) is 0 Å². The predicted octanol–water partition coefficient (Wildman–Crippen LogP) is 6.42. The van der Waals surface area contributed by atoms with Crippen LogP contribution in [0.3, 0.4) is 0 Å². The van der Waals surface area contributed by atoms with Crippen molar-refractivity contribution in [3.63, 3.8) is 0 Å². The molecule has 0 aliphatic carbocycles. The second-order valence-electron chi connectivity index (χ2n) is 7.65. The van der Waals surface area contributed by atoms with Gasteiger partial charge in [0, 0.05) is 12.1 Å². The van der Waals surface area contributed by atoms with Gasteiger partial charge in [0.15, 0.2) is 0 Å². The zero-order chi connectivity index (χ0) is 25.0. The third-order valence-electron chi connectivity index (χ3n) is 5.48. The van der Waals surface area contributed by atoms with Gasteiger partial charge < -0.3 is 5.11 Å². The van der Waals surface area contributed by atoms with Crippen LogP contribution in [0.5, 0.6) is 0 Å². The van der Waals surface area contributed by atoms with Crippen molar-refractivity contribution in [1.29, 1.82) is 0 Å². The third kappa shape index (κ3) is 4.55. The van der Waals surface area contributed by atoms with Crippen molar-refractivity contribution in [2.45, 2.75) is 37.3 Å². The molecule has 0 amide bonds. The van der Waals surface area contributed by atoms with Crippen LogP contribution in [-0.4, -0.2) is 29.5 Å². The summed E-state index contributed by atoms with van der Waals surface area (Å²) in [6.07, 6.45) is -16.9. The lowest BCUT2D eigenvalue weighted by atomic mass is 9.75. The number of carboxylic acid groups (broad SMARTS) is 1. The van der Waals surface area contributed by atoms with Gasteiger partial charge in [-0.05, 0) is 53.9 Å². The summed E-state index contributed by atoms with van der Waals surface area (Å²) in [5.41, 5.74) is -8.07. The Kier molecular flexibility index (Phi) is 5.79. The highest BCUT2D eigenvalue weighted by Crippen LogP contribution is 2.50. The van der Waals surface area contributed by atoms with Crippen LogP contribution in [0.4, 0.5) is 39.5 Å². The minimum Gasteiger partial charge on any atom is -0.478 e. The van der Waals surface area contributed by atoms with Gasteiger partial charge in [-0.3, -0.25) is 4.99 Å². The quantitative estimate of drug-likeness (QED) is 0.512. The van der Waals surface area contributed by atoms with Gasteiger partial charge in [-0.25, -0.2) is 4.79 Å². The molecule has 0 spiro atoms. The smallest absolute Gasteiger partial charge is 0.416 e. The number of benzene rings is 2. The Morgan fingerprint density at radius 3 is 1.88 bits per heavy atom. The molecule has 3 rings (SSSR count). The molecular weight excluding hydrogens is 469 g/mol. The normalized spacial score (nSPS) is 19.5. The molecule has 2 aromatic carbocycles. The highest BCUT2D eigenvalue weighted by Gasteiger charge is 2.59. The lowest BCUT2D eigenvalue weighted by Crippen LogP contribution is -2.44. The van der Waals surface area contributed by atoms with Crippen molar-refractivity contribution in [2.75, 3.05) is 6.54 Å². The van der Waals surface area contributed by atoms with E-state index in [1.165, 1.54) is 19.1 Å². The number of hydrogen-bond donors (Lipinski definition) is 1. The number of rotatable bonds is 3. The van der Waals surface area contributed by atoms with E-state index < -0.39 is 59.6 Å². The molecule has 0 saturated carbocycles. The van der Waals surface area contributed by atoms with E-state index in [-0.39, 0.29) is 40.6 Å². The summed E-state index contributed by atoms with van der Waals surface area (Å²) in [4.78, 5) is 14.9. The van der Waals surface area contributed by atoms with Crippen molar-refractivity contribution in [1.82, 2.24) is 0 Å². The van der Waals surface area contributed by atoms with Crippen molar-refractivity contribution in [2.24, 2.45) is 4.99 Å². The van der Waals surface area contributed by atoms with E-state index in [4.69, 9.17) is 5.11 Å². The van der Waals surface area contributed by atoms with Crippen LogP contribution in [-0.2, 0) is 17.8 Å². The summed E-state index contributed by atoms with van der Waals surface area (Å²) in [6, 6.07) is 3.48. The van der Waals surface area contributed by atoms with Crippen LogP contribution in [0.2, 0.25) is 0 Å². The molecule has 1 heterocycles. The van der Waals surface area contributed by atoms with Gasteiger partial charge in [-0.15, -0.1) is 0 Å².